The van der Waals surface area contributed by atoms with Crippen molar-refractivity contribution in [3.63, 3.8) is 0 Å². The van der Waals surface area contributed by atoms with Crippen molar-refractivity contribution in [1.29, 1.82) is 0 Å². The maximum absolute atomic E-state index is 10.9. The SMILES string of the molecule is Cc1cn(C(C)(C)CC(C)(C)C=O)nn1. The maximum Gasteiger partial charge on any atom is 0.125 e. The summed E-state index contributed by atoms with van der Waals surface area (Å²) in [6.07, 6.45) is 3.64. The summed E-state index contributed by atoms with van der Waals surface area (Å²) in [4.78, 5) is 10.9. The highest BCUT2D eigenvalue weighted by Crippen LogP contribution is 2.30. The molecule has 0 aliphatic carbocycles. The van der Waals surface area contributed by atoms with Gasteiger partial charge in [0.05, 0.1) is 11.2 Å². The number of rotatable bonds is 4. The summed E-state index contributed by atoms with van der Waals surface area (Å²) in [6.45, 7) is 9.90. The molecule has 0 atom stereocenters. The highest BCUT2D eigenvalue weighted by molar-refractivity contribution is 5.57. The number of carbonyl (C=O) groups excluding carboxylic acids is 1. The zero-order valence-corrected chi connectivity index (χ0v) is 10.1. The van der Waals surface area contributed by atoms with Crippen LogP contribution in [0.4, 0.5) is 0 Å². The quantitative estimate of drug-likeness (QED) is 0.712. The second-order valence-corrected chi connectivity index (χ2v) is 5.40. The Morgan fingerprint density at radius 3 is 2.40 bits per heavy atom. The van der Waals surface area contributed by atoms with Gasteiger partial charge >= 0.3 is 0 Å². The monoisotopic (exact) mass is 209 g/mol. The van der Waals surface area contributed by atoms with Crippen LogP contribution in [-0.2, 0) is 10.3 Å². The Morgan fingerprint density at radius 1 is 1.40 bits per heavy atom. The number of aryl methyl sites for hydroxylation is 1. The van der Waals surface area contributed by atoms with Crippen LogP contribution in [0.2, 0.25) is 0 Å². The van der Waals surface area contributed by atoms with E-state index in [9.17, 15) is 4.79 Å². The summed E-state index contributed by atoms with van der Waals surface area (Å²) >= 11 is 0. The van der Waals surface area contributed by atoms with E-state index in [2.05, 4.69) is 24.2 Å². The first-order chi connectivity index (χ1) is 6.77. The highest BCUT2D eigenvalue weighted by Gasteiger charge is 2.30. The molecule has 4 heteroatoms. The van der Waals surface area contributed by atoms with Crippen LogP contribution < -0.4 is 0 Å². The van der Waals surface area contributed by atoms with Crippen molar-refractivity contribution in [3.8, 4) is 0 Å². The molecule has 0 radical (unpaired) electrons. The Kier molecular flexibility index (Phi) is 2.98. The van der Waals surface area contributed by atoms with E-state index < -0.39 is 0 Å². The zero-order chi connectivity index (χ0) is 11.7. The van der Waals surface area contributed by atoms with Crippen LogP contribution in [0.1, 0.15) is 39.8 Å². The van der Waals surface area contributed by atoms with Gasteiger partial charge < -0.3 is 4.79 Å². The zero-order valence-electron chi connectivity index (χ0n) is 10.1. The van der Waals surface area contributed by atoms with Gasteiger partial charge in [-0.1, -0.05) is 19.1 Å². The van der Waals surface area contributed by atoms with Crippen molar-refractivity contribution in [2.45, 2.75) is 46.6 Å². The van der Waals surface area contributed by atoms with Crippen molar-refractivity contribution in [1.82, 2.24) is 15.0 Å². The van der Waals surface area contributed by atoms with Gasteiger partial charge in [-0.3, -0.25) is 0 Å². The Labute approximate surface area is 90.7 Å². The number of hydrogen-bond acceptors (Lipinski definition) is 3. The van der Waals surface area contributed by atoms with Crippen LogP contribution in [0, 0.1) is 12.3 Å². The molecule has 1 aromatic rings. The van der Waals surface area contributed by atoms with E-state index in [0.717, 1.165) is 18.4 Å². The van der Waals surface area contributed by atoms with Crippen LogP contribution in [0.5, 0.6) is 0 Å². The summed E-state index contributed by atoms with van der Waals surface area (Å²) < 4.78 is 1.83. The number of aldehydes is 1. The van der Waals surface area contributed by atoms with Crippen LogP contribution in [0.3, 0.4) is 0 Å². The minimum Gasteiger partial charge on any atom is -0.303 e. The van der Waals surface area contributed by atoms with Crippen LogP contribution in [0.15, 0.2) is 6.20 Å². The van der Waals surface area contributed by atoms with Gasteiger partial charge in [-0.25, -0.2) is 4.68 Å². The standard InChI is InChI=1S/C11H19N3O/c1-9-6-14(13-12-9)11(4,5)7-10(2,3)8-15/h6,8H,7H2,1-5H3. The van der Waals surface area contributed by atoms with E-state index >= 15 is 0 Å². The smallest absolute Gasteiger partial charge is 0.125 e. The highest BCUT2D eigenvalue weighted by atomic mass is 16.1. The number of carbonyl (C=O) groups is 1. The molecule has 1 aromatic heterocycles. The first-order valence-corrected chi connectivity index (χ1v) is 5.13. The molecule has 0 fully saturated rings. The van der Waals surface area contributed by atoms with Gasteiger partial charge in [-0.05, 0) is 27.2 Å². The lowest BCUT2D eigenvalue weighted by Crippen LogP contribution is -2.33. The lowest BCUT2D eigenvalue weighted by molar-refractivity contribution is -0.116. The first kappa shape index (κ1) is 11.9. The molecule has 15 heavy (non-hydrogen) atoms. The molecule has 0 aliphatic heterocycles. The van der Waals surface area contributed by atoms with Crippen molar-refractivity contribution >= 4 is 6.29 Å². The van der Waals surface area contributed by atoms with Gasteiger partial charge in [0.25, 0.3) is 0 Å². The molecule has 0 bridgehead atoms. The molecule has 0 aliphatic rings. The Hall–Kier alpha value is -1.19. The van der Waals surface area contributed by atoms with E-state index in [0.29, 0.717) is 0 Å². The van der Waals surface area contributed by atoms with Crippen LogP contribution >= 0.6 is 0 Å². The number of hydrogen-bond donors (Lipinski definition) is 0. The third kappa shape index (κ3) is 2.88. The van der Waals surface area contributed by atoms with E-state index in [-0.39, 0.29) is 11.0 Å². The Balaban J connectivity index is 2.88. The molecule has 0 unspecified atom stereocenters. The first-order valence-electron chi connectivity index (χ1n) is 5.13. The van der Waals surface area contributed by atoms with E-state index in [1.54, 1.807) is 0 Å². The molecule has 84 valence electrons. The average Bonchev–Trinajstić information content (AvgIpc) is 2.51. The summed E-state index contributed by atoms with van der Waals surface area (Å²) in [6, 6.07) is 0. The van der Waals surface area contributed by atoms with Crippen molar-refractivity contribution in [2.24, 2.45) is 5.41 Å². The third-order valence-electron chi connectivity index (χ3n) is 2.44. The number of nitrogens with zero attached hydrogens (tertiary/aromatic N) is 3. The molecule has 0 aromatic carbocycles. The van der Waals surface area contributed by atoms with Crippen molar-refractivity contribution in [3.05, 3.63) is 11.9 Å². The van der Waals surface area contributed by atoms with E-state index in [4.69, 9.17) is 0 Å². The van der Waals surface area contributed by atoms with Gasteiger partial charge in [0.1, 0.15) is 6.29 Å². The van der Waals surface area contributed by atoms with Crippen LogP contribution in [0.25, 0.3) is 0 Å². The molecule has 0 saturated heterocycles. The molecule has 0 saturated carbocycles. The Bertz CT molecular complexity index is 352. The lowest BCUT2D eigenvalue weighted by Gasteiger charge is -2.31. The summed E-state index contributed by atoms with van der Waals surface area (Å²) in [5.41, 5.74) is 0.377. The van der Waals surface area contributed by atoms with Gasteiger partial charge in [0, 0.05) is 11.6 Å². The van der Waals surface area contributed by atoms with Crippen molar-refractivity contribution < 1.29 is 4.79 Å². The predicted molar refractivity (Wildman–Crippen MR) is 58.5 cm³/mol. The fourth-order valence-electron chi connectivity index (χ4n) is 1.88. The average molecular weight is 209 g/mol. The Morgan fingerprint density at radius 2 is 2.00 bits per heavy atom. The minimum absolute atomic E-state index is 0.189. The van der Waals surface area contributed by atoms with Crippen molar-refractivity contribution in [2.75, 3.05) is 0 Å². The molecule has 0 N–H and O–H groups in total. The third-order valence-corrected chi connectivity index (χ3v) is 2.44. The number of aromatic nitrogens is 3. The molecular weight excluding hydrogens is 190 g/mol. The fourth-order valence-corrected chi connectivity index (χ4v) is 1.88. The fraction of sp³-hybridized carbons (Fsp3) is 0.727. The summed E-state index contributed by atoms with van der Waals surface area (Å²) in [5, 5.41) is 8.02. The van der Waals surface area contributed by atoms with E-state index in [1.165, 1.54) is 0 Å². The lowest BCUT2D eigenvalue weighted by atomic mass is 9.81. The molecule has 0 amide bonds. The topological polar surface area (TPSA) is 47.8 Å². The van der Waals surface area contributed by atoms with Gasteiger partial charge in [0.15, 0.2) is 0 Å². The summed E-state index contributed by atoms with van der Waals surface area (Å²) in [5.74, 6) is 0. The predicted octanol–water partition coefficient (Wildman–Crippen LogP) is 1.94. The molecule has 1 heterocycles. The van der Waals surface area contributed by atoms with Crippen LogP contribution in [-0.4, -0.2) is 21.3 Å². The van der Waals surface area contributed by atoms with E-state index in [1.807, 2.05) is 31.6 Å². The minimum atomic E-state index is -0.330. The van der Waals surface area contributed by atoms with Gasteiger partial charge in [-0.2, -0.15) is 0 Å². The normalized spacial score (nSPS) is 12.9. The molecule has 0 spiro atoms. The molecule has 4 nitrogen and oxygen atoms in total. The maximum atomic E-state index is 10.9. The second kappa shape index (κ2) is 3.76. The largest absolute Gasteiger partial charge is 0.303 e. The van der Waals surface area contributed by atoms with Gasteiger partial charge in [0.2, 0.25) is 0 Å². The molecular formula is C11H19N3O. The van der Waals surface area contributed by atoms with Gasteiger partial charge in [-0.15, -0.1) is 5.10 Å². The molecule has 1 rings (SSSR count). The second-order valence-electron chi connectivity index (χ2n) is 5.40. The summed E-state index contributed by atoms with van der Waals surface area (Å²) in [7, 11) is 0.